The Morgan fingerprint density at radius 3 is 2.69 bits per heavy atom. The van der Waals surface area contributed by atoms with E-state index in [-0.39, 0.29) is 5.69 Å². The number of aliphatic hydroxyl groups is 1. The third kappa shape index (κ3) is 2.26. The van der Waals surface area contributed by atoms with Crippen molar-refractivity contribution >= 4 is 5.69 Å². The molecule has 69 valence electrons. The molecule has 1 radical (unpaired) electrons. The van der Waals surface area contributed by atoms with Gasteiger partial charge in [-0.05, 0) is 17.5 Å². The van der Waals surface area contributed by atoms with Gasteiger partial charge in [-0.15, -0.1) is 0 Å². The Kier molecular flexibility index (Phi) is 2.97. The van der Waals surface area contributed by atoms with Gasteiger partial charge in [0.2, 0.25) is 0 Å². The lowest BCUT2D eigenvalue weighted by molar-refractivity contribution is -0.385. The highest BCUT2D eigenvalue weighted by molar-refractivity contribution is 5.41. The molecule has 0 aliphatic rings. The second-order valence-corrected chi connectivity index (χ2v) is 2.67. The maximum Gasteiger partial charge on any atom is 0.270 e. The van der Waals surface area contributed by atoms with Crippen LogP contribution in [-0.2, 0) is 6.42 Å². The van der Waals surface area contributed by atoms with Gasteiger partial charge >= 0.3 is 0 Å². The predicted octanol–water partition coefficient (Wildman–Crippen LogP) is 2.04. The predicted molar refractivity (Wildman–Crippen MR) is 47.8 cm³/mol. The van der Waals surface area contributed by atoms with Crippen LogP contribution in [-0.4, -0.2) is 10.0 Å². The van der Waals surface area contributed by atoms with Gasteiger partial charge in [-0.25, -0.2) is 0 Å². The molecular formula is C9H10NO3. The maximum absolute atomic E-state index is 10.4. The normalized spacial score (nSPS) is 10.0. The topological polar surface area (TPSA) is 63.4 Å². The molecule has 0 saturated carbocycles. The molecule has 0 amide bonds. The first kappa shape index (κ1) is 9.67. The zero-order chi connectivity index (χ0) is 9.84. The summed E-state index contributed by atoms with van der Waals surface area (Å²) in [7, 11) is 0. The van der Waals surface area contributed by atoms with Gasteiger partial charge in [-0.2, -0.15) is 0 Å². The first-order chi connectivity index (χ1) is 6.17. The van der Waals surface area contributed by atoms with Crippen LogP contribution < -0.4 is 0 Å². The van der Waals surface area contributed by atoms with Gasteiger partial charge in [-0.1, -0.05) is 13.0 Å². The fourth-order valence-electron chi connectivity index (χ4n) is 1.08. The molecule has 0 spiro atoms. The SMILES string of the molecule is CCc1cc([CH]O)cc([N+](=O)[O-])c1. The van der Waals surface area contributed by atoms with Crippen molar-refractivity contribution in [3.63, 3.8) is 0 Å². The molecular weight excluding hydrogens is 170 g/mol. The number of hydrogen-bond acceptors (Lipinski definition) is 3. The van der Waals surface area contributed by atoms with Crippen LogP contribution >= 0.6 is 0 Å². The standard InChI is InChI=1S/C9H10NO3/c1-2-7-3-8(6-11)5-9(4-7)10(12)13/h3-6,11H,2H2,1H3. The molecule has 4 nitrogen and oxygen atoms in total. The highest BCUT2D eigenvalue weighted by atomic mass is 16.6. The van der Waals surface area contributed by atoms with Crippen LogP contribution in [0.1, 0.15) is 18.1 Å². The lowest BCUT2D eigenvalue weighted by atomic mass is 10.1. The Morgan fingerprint density at radius 1 is 1.54 bits per heavy atom. The van der Waals surface area contributed by atoms with E-state index < -0.39 is 4.92 Å². The molecule has 0 atom stereocenters. The fraction of sp³-hybridized carbons (Fsp3) is 0.222. The van der Waals surface area contributed by atoms with Crippen LogP contribution in [0.25, 0.3) is 0 Å². The summed E-state index contributed by atoms with van der Waals surface area (Å²) in [5.74, 6) is 0. The Balaban J connectivity index is 3.14. The Labute approximate surface area is 76.0 Å². The summed E-state index contributed by atoms with van der Waals surface area (Å²) in [6, 6.07) is 4.55. The van der Waals surface area contributed by atoms with Crippen LogP contribution in [0.15, 0.2) is 18.2 Å². The van der Waals surface area contributed by atoms with Crippen molar-refractivity contribution in [1.82, 2.24) is 0 Å². The minimum Gasteiger partial charge on any atom is -0.385 e. The average Bonchev–Trinajstić information content (AvgIpc) is 2.16. The van der Waals surface area contributed by atoms with Crippen LogP contribution in [0, 0.1) is 16.7 Å². The second-order valence-electron chi connectivity index (χ2n) is 2.67. The number of rotatable bonds is 3. The van der Waals surface area contributed by atoms with Crippen molar-refractivity contribution in [1.29, 1.82) is 0 Å². The van der Waals surface area contributed by atoms with Crippen molar-refractivity contribution in [2.45, 2.75) is 13.3 Å². The van der Waals surface area contributed by atoms with Crippen LogP contribution in [0.3, 0.4) is 0 Å². The summed E-state index contributed by atoms with van der Waals surface area (Å²) in [4.78, 5) is 9.98. The van der Waals surface area contributed by atoms with Crippen LogP contribution in [0.2, 0.25) is 0 Å². The summed E-state index contributed by atoms with van der Waals surface area (Å²) in [5.41, 5.74) is 1.32. The monoisotopic (exact) mass is 180 g/mol. The molecule has 0 bridgehead atoms. The number of nitro groups is 1. The lowest BCUT2D eigenvalue weighted by Gasteiger charge is -2.00. The molecule has 0 heterocycles. The fourth-order valence-corrected chi connectivity index (χ4v) is 1.08. The molecule has 1 N–H and O–H groups in total. The van der Waals surface area contributed by atoms with Crippen LogP contribution in [0.5, 0.6) is 0 Å². The van der Waals surface area contributed by atoms with E-state index in [2.05, 4.69) is 0 Å². The van der Waals surface area contributed by atoms with E-state index in [4.69, 9.17) is 5.11 Å². The summed E-state index contributed by atoms with van der Waals surface area (Å²) >= 11 is 0. The Bertz CT molecular complexity index is 300. The molecule has 0 aliphatic carbocycles. The van der Waals surface area contributed by atoms with E-state index >= 15 is 0 Å². The zero-order valence-electron chi connectivity index (χ0n) is 7.23. The Hall–Kier alpha value is -1.42. The molecule has 4 heteroatoms. The number of nitro benzene ring substituents is 1. The molecule has 0 fully saturated rings. The van der Waals surface area contributed by atoms with E-state index in [1.807, 2.05) is 6.92 Å². The third-order valence-corrected chi connectivity index (χ3v) is 1.77. The molecule has 1 aromatic carbocycles. The number of nitrogens with zero attached hydrogens (tertiary/aromatic N) is 1. The number of benzene rings is 1. The Morgan fingerprint density at radius 2 is 2.23 bits per heavy atom. The summed E-state index contributed by atoms with van der Waals surface area (Å²) in [6.07, 6.45) is 0.711. The first-order valence-electron chi connectivity index (χ1n) is 3.93. The minimum absolute atomic E-state index is 0.0136. The van der Waals surface area contributed by atoms with Gasteiger partial charge in [0.1, 0.15) is 6.61 Å². The van der Waals surface area contributed by atoms with E-state index in [1.54, 1.807) is 6.07 Å². The summed E-state index contributed by atoms with van der Waals surface area (Å²) < 4.78 is 0. The number of hydrogen-bond donors (Lipinski definition) is 1. The molecule has 0 aromatic heterocycles. The first-order valence-corrected chi connectivity index (χ1v) is 3.93. The smallest absolute Gasteiger partial charge is 0.270 e. The van der Waals surface area contributed by atoms with Gasteiger partial charge in [0.05, 0.1) is 4.92 Å². The van der Waals surface area contributed by atoms with Gasteiger partial charge in [0.15, 0.2) is 0 Å². The van der Waals surface area contributed by atoms with E-state index in [9.17, 15) is 10.1 Å². The number of non-ortho nitro benzene ring substituents is 1. The highest BCUT2D eigenvalue weighted by Gasteiger charge is 2.08. The molecule has 0 saturated heterocycles. The second kappa shape index (κ2) is 4.00. The molecule has 0 aliphatic heterocycles. The largest absolute Gasteiger partial charge is 0.385 e. The number of aliphatic hydroxyl groups excluding tert-OH is 1. The molecule has 1 rings (SSSR count). The summed E-state index contributed by atoms with van der Waals surface area (Å²) in [5, 5.41) is 19.2. The van der Waals surface area contributed by atoms with Crippen molar-refractivity contribution < 1.29 is 10.0 Å². The van der Waals surface area contributed by atoms with E-state index in [0.29, 0.717) is 12.0 Å². The summed E-state index contributed by atoms with van der Waals surface area (Å²) in [6.45, 7) is 2.77. The molecule has 13 heavy (non-hydrogen) atoms. The van der Waals surface area contributed by atoms with Gasteiger partial charge < -0.3 is 5.11 Å². The van der Waals surface area contributed by atoms with Crippen LogP contribution in [0.4, 0.5) is 5.69 Å². The minimum atomic E-state index is -0.466. The third-order valence-electron chi connectivity index (χ3n) is 1.77. The van der Waals surface area contributed by atoms with Gasteiger partial charge in [0.25, 0.3) is 5.69 Å². The van der Waals surface area contributed by atoms with Crippen molar-refractivity contribution in [3.8, 4) is 0 Å². The van der Waals surface area contributed by atoms with Crippen molar-refractivity contribution in [3.05, 3.63) is 46.0 Å². The molecule has 1 aromatic rings. The average molecular weight is 180 g/mol. The van der Waals surface area contributed by atoms with Crippen molar-refractivity contribution in [2.75, 3.05) is 0 Å². The number of aryl methyl sites for hydroxylation is 1. The van der Waals surface area contributed by atoms with Crippen molar-refractivity contribution in [2.24, 2.45) is 0 Å². The molecule has 0 unspecified atom stereocenters. The van der Waals surface area contributed by atoms with Gasteiger partial charge in [0, 0.05) is 12.1 Å². The van der Waals surface area contributed by atoms with Gasteiger partial charge in [-0.3, -0.25) is 10.1 Å². The highest BCUT2D eigenvalue weighted by Crippen LogP contribution is 2.18. The van der Waals surface area contributed by atoms with E-state index in [0.717, 1.165) is 12.2 Å². The zero-order valence-corrected chi connectivity index (χ0v) is 7.23. The van der Waals surface area contributed by atoms with E-state index in [1.165, 1.54) is 12.1 Å². The maximum atomic E-state index is 10.4. The lowest BCUT2D eigenvalue weighted by Crippen LogP contribution is -1.93. The quantitative estimate of drug-likeness (QED) is 0.571.